The Morgan fingerprint density at radius 2 is 2.10 bits per heavy atom. The Hall–Kier alpha value is -1.88. The zero-order valence-corrected chi connectivity index (χ0v) is 11.4. The molecule has 0 heterocycles. The minimum atomic E-state index is -1.45. The topological polar surface area (TPSA) is 101 Å². The van der Waals surface area contributed by atoms with E-state index in [0.29, 0.717) is 12.8 Å². The van der Waals surface area contributed by atoms with Crippen LogP contribution in [0.25, 0.3) is 0 Å². The van der Waals surface area contributed by atoms with Gasteiger partial charge in [-0.25, -0.2) is 0 Å². The van der Waals surface area contributed by atoms with Crippen LogP contribution in [0.2, 0.25) is 0 Å². The molecule has 20 heavy (non-hydrogen) atoms. The van der Waals surface area contributed by atoms with Gasteiger partial charge in [0.15, 0.2) is 0 Å². The van der Waals surface area contributed by atoms with Crippen LogP contribution in [0.1, 0.15) is 24.0 Å². The monoisotopic (exact) mass is 277 g/mol. The highest BCUT2D eigenvalue weighted by Crippen LogP contribution is 2.47. The van der Waals surface area contributed by atoms with Crippen LogP contribution in [0, 0.1) is 18.8 Å². The highest BCUT2D eigenvalue weighted by molar-refractivity contribution is 5.83. The van der Waals surface area contributed by atoms with Gasteiger partial charge in [-0.1, -0.05) is 29.8 Å². The van der Waals surface area contributed by atoms with Crippen molar-refractivity contribution in [3.63, 3.8) is 0 Å². The highest BCUT2D eigenvalue weighted by Gasteiger charge is 2.57. The van der Waals surface area contributed by atoms with Crippen molar-refractivity contribution in [1.82, 2.24) is 0 Å². The van der Waals surface area contributed by atoms with Crippen molar-refractivity contribution < 1.29 is 19.8 Å². The van der Waals surface area contributed by atoms with Crippen molar-refractivity contribution in [1.29, 1.82) is 0 Å². The molecule has 5 nitrogen and oxygen atoms in total. The number of carboxylic acids is 2. The number of hydrogen-bond donors (Lipinski definition) is 3. The molecular formula is C15H19NO4. The lowest BCUT2D eigenvalue weighted by Gasteiger charge is -2.25. The number of hydrogen-bond acceptors (Lipinski definition) is 3. The van der Waals surface area contributed by atoms with Gasteiger partial charge in [0.05, 0.1) is 5.92 Å². The minimum Gasteiger partial charge on any atom is -0.481 e. The third-order valence-electron chi connectivity index (χ3n) is 4.08. The van der Waals surface area contributed by atoms with Gasteiger partial charge in [-0.3, -0.25) is 9.59 Å². The summed E-state index contributed by atoms with van der Waals surface area (Å²) in [5, 5.41) is 18.3. The number of nitrogens with two attached hydrogens (primary N) is 1. The van der Waals surface area contributed by atoms with Crippen molar-refractivity contribution in [2.75, 3.05) is 0 Å². The first-order valence-electron chi connectivity index (χ1n) is 6.65. The average molecular weight is 277 g/mol. The van der Waals surface area contributed by atoms with Crippen molar-refractivity contribution in [2.45, 2.75) is 31.7 Å². The van der Waals surface area contributed by atoms with E-state index in [9.17, 15) is 14.7 Å². The standard InChI is InChI=1S/C15H19NO4/c1-9-3-2-4-10(7-9)5-6-15(16,14(19)20)12-8-11(12)13(17)18/h2-4,7,11-12H,5-6,8,16H2,1H3,(H,17,18)(H,19,20)/t11-,12?,15+/m1/s1. The first kappa shape index (κ1) is 14.5. The predicted octanol–water partition coefficient (Wildman–Crippen LogP) is 1.43. The Kier molecular flexibility index (Phi) is 3.81. The molecule has 0 aromatic heterocycles. The smallest absolute Gasteiger partial charge is 0.324 e. The van der Waals surface area contributed by atoms with Gasteiger partial charge in [0.25, 0.3) is 0 Å². The molecule has 1 aromatic rings. The van der Waals surface area contributed by atoms with Crippen LogP contribution in [0.15, 0.2) is 24.3 Å². The fourth-order valence-electron chi connectivity index (χ4n) is 2.71. The number of carboxylic acid groups (broad SMARTS) is 2. The summed E-state index contributed by atoms with van der Waals surface area (Å²) >= 11 is 0. The Morgan fingerprint density at radius 3 is 2.60 bits per heavy atom. The summed E-state index contributed by atoms with van der Waals surface area (Å²) in [5.74, 6) is -3.16. The van der Waals surface area contributed by atoms with Gasteiger partial charge in [0, 0.05) is 5.92 Å². The number of aryl methyl sites for hydroxylation is 2. The zero-order valence-electron chi connectivity index (χ0n) is 11.4. The first-order chi connectivity index (χ1) is 9.34. The molecule has 0 saturated heterocycles. The second-order valence-electron chi connectivity index (χ2n) is 5.62. The second-order valence-corrected chi connectivity index (χ2v) is 5.62. The quantitative estimate of drug-likeness (QED) is 0.730. The molecule has 0 radical (unpaired) electrons. The summed E-state index contributed by atoms with van der Waals surface area (Å²) in [6.45, 7) is 1.97. The molecule has 1 saturated carbocycles. The number of rotatable bonds is 6. The largest absolute Gasteiger partial charge is 0.481 e. The lowest BCUT2D eigenvalue weighted by Crippen LogP contribution is -2.51. The molecule has 3 atom stereocenters. The van der Waals surface area contributed by atoms with Crippen molar-refractivity contribution in [2.24, 2.45) is 17.6 Å². The normalized spacial score (nSPS) is 23.9. The summed E-state index contributed by atoms with van der Waals surface area (Å²) in [6, 6.07) is 7.80. The Bertz CT molecular complexity index is 542. The van der Waals surface area contributed by atoms with Crippen LogP contribution < -0.4 is 5.73 Å². The Labute approximate surface area is 117 Å². The van der Waals surface area contributed by atoms with Crippen LogP contribution in [-0.2, 0) is 16.0 Å². The summed E-state index contributed by atoms with van der Waals surface area (Å²) in [4.78, 5) is 22.4. The molecule has 0 aliphatic heterocycles. The van der Waals surface area contributed by atoms with Gasteiger partial charge in [0.2, 0.25) is 0 Å². The van der Waals surface area contributed by atoms with Crippen LogP contribution in [0.4, 0.5) is 0 Å². The molecule has 5 heteroatoms. The van der Waals surface area contributed by atoms with Gasteiger partial charge < -0.3 is 15.9 Å². The molecule has 1 aliphatic carbocycles. The Morgan fingerprint density at radius 1 is 1.40 bits per heavy atom. The lowest BCUT2D eigenvalue weighted by molar-refractivity contribution is -0.145. The molecule has 1 aromatic carbocycles. The van der Waals surface area contributed by atoms with Crippen molar-refractivity contribution in [3.05, 3.63) is 35.4 Å². The van der Waals surface area contributed by atoms with E-state index in [2.05, 4.69) is 0 Å². The maximum absolute atomic E-state index is 11.4. The van der Waals surface area contributed by atoms with Crippen LogP contribution in [0.3, 0.4) is 0 Å². The van der Waals surface area contributed by atoms with E-state index in [1.807, 2.05) is 31.2 Å². The lowest BCUT2D eigenvalue weighted by atomic mass is 9.86. The highest BCUT2D eigenvalue weighted by atomic mass is 16.4. The van der Waals surface area contributed by atoms with E-state index >= 15 is 0 Å². The molecular weight excluding hydrogens is 258 g/mol. The van der Waals surface area contributed by atoms with E-state index in [-0.39, 0.29) is 6.42 Å². The van der Waals surface area contributed by atoms with Gasteiger partial charge in [-0.2, -0.15) is 0 Å². The molecule has 0 amide bonds. The van der Waals surface area contributed by atoms with E-state index in [1.165, 1.54) is 0 Å². The van der Waals surface area contributed by atoms with Gasteiger partial charge in [-0.05, 0) is 31.7 Å². The van der Waals surface area contributed by atoms with Gasteiger partial charge >= 0.3 is 11.9 Å². The van der Waals surface area contributed by atoms with E-state index in [4.69, 9.17) is 10.8 Å². The second kappa shape index (κ2) is 5.25. The molecule has 2 rings (SSSR count). The summed E-state index contributed by atoms with van der Waals surface area (Å²) in [6.07, 6.45) is 1.14. The first-order valence-corrected chi connectivity index (χ1v) is 6.65. The zero-order chi connectivity index (χ0) is 14.9. The average Bonchev–Trinajstić information content (AvgIpc) is 3.16. The van der Waals surface area contributed by atoms with Crippen LogP contribution in [0.5, 0.6) is 0 Å². The third-order valence-corrected chi connectivity index (χ3v) is 4.08. The molecule has 0 spiro atoms. The molecule has 1 aliphatic rings. The van der Waals surface area contributed by atoms with E-state index in [1.54, 1.807) is 0 Å². The number of carbonyl (C=O) groups is 2. The predicted molar refractivity (Wildman–Crippen MR) is 73.3 cm³/mol. The molecule has 1 fully saturated rings. The number of aliphatic carboxylic acids is 2. The fraction of sp³-hybridized carbons (Fsp3) is 0.467. The summed E-state index contributed by atoms with van der Waals surface area (Å²) in [5.41, 5.74) is 6.67. The van der Waals surface area contributed by atoms with Crippen molar-refractivity contribution in [3.8, 4) is 0 Å². The van der Waals surface area contributed by atoms with E-state index < -0.39 is 29.3 Å². The maximum atomic E-state index is 11.4. The van der Waals surface area contributed by atoms with Crippen molar-refractivity contribution >= 4 is 11.9 Å². The van der Waals surface area contributed by atoms with Gasteiger partial charge in [-0.15, -0.1) is 0 Å². The summed E-state index contributed by atoms with van der Waals surface area (Å²) < 4.78 is 0. The molecule has 0 bridgehead atoms. The Balaban J connectivity index is 2.07. The molecule has 4 N–H and O–H groups in total. The van der Waals surface area contributed by atoms with Crippen LogP contribution in [-0.4, -0.2) is 27.7 Å². The van der Waals surface area contributed by atoms with Gasteiger partial charge in [0.1, 0.15) is 5.54 Å². The third kappa shape index (κ3) is 2.82. The maximum Gasteiger partial charge on any atom is 0.324 e. The summed E-state index contributed by atoms with van der Waals surface area (Å²) in [7, 11) is 0. The fourth-order valence-corrected chi connectivity index (χ4v) is 2.71. The van der Waals surface area contributed by atoms with Crippen LogP contribution >= 0.6 is 0 Å². The SMILES string of the molecule is Cc1cccc(CC[C@@](N)(C(=O)O)C2C[C@H]2C(=O)O)c1. The molecule has 1 unspecified atom stereocenters. The van der Waals surface area contributed by atoms with E-state index in [0.717, 1.165) is 11.1 Å². The molecule has 108 valence electrons. The minimum absolute atomic E-state index is 0.250. The number of benzene rings is 1.